The number of ether oxygens (including phenoxy) is 1. The van der Waals surface area contributed by atoms with Crippen LogP contribution in [-0.4, -0.2) is 77.7 Å². The van der Waals surface area contributed by atoms with Gasteiger partial charge in [-0.3, -0.25) is 0 Å². The Hall–Kier alpha value is -3.55. The van der Waals surface area contributed by atoms with Crippen molar-refractivity contribution < 1.29 is 23.1 Å². The number of nitrogens with zero attached hydrogens (tertiary/aromatic N) is 4. The van der Waals surface area contributed by atoms with Gasteiger partial charge in [-0.1, -0.05) is 0 Å². The molecule has 0 spiro atoms. The van der Waals surface area contributed by atoms with Crippen molar-refractivity contribution in [2.24, 2.45) is 0 Å². The second-order valence-corrected chi connectivity index (χ2v) is 12.3. The molecule has 5 rings (SSSR count). The maximum absolute atomic E-state index is 13.3. The van der Waals surface area contributed by atoms with Gasteiger partial charge in [0.2, 0.25) is 0 Å². The number of aromatic amines is 1. The smallest absolute Gasteiger partial charge is 0.319 e. The summed E-state index contributed by atoms with van der Waals surface area (Å²) in [6, 6.07) is 8.60. The summed E-state index contributed by atoms with van der Waals surface area (Å²) < 4.78 is 31.1. The van der Waals surface area contributed by atoms with Gasteiger partial charge >= 0.3 is 6.03 Å². The number of rotatable bonds is 10. The van der Waals surface area contributed by atoms with Crippen LogP contribution in [0.5, 0.6) is 0 Å². The number of H-pyrrole nitrogens is 1. The first kappa shape index (κ1) is 27.0. The van der Waals surface area contributed by atoms with Crippen molar-refractivity contribution in [3.63, 3.8) is 0 Å². The van der Waals surface area contributed by atoms with Crippen molar-refractivity contribution in [2.75, 3.05) is 42.3 Å². The minimum absolute atomic E-state index is 0.0711. The number of aliphatic hydroxyl groups is 1. The van der Waals surface area contributed by atoms with E-state index >= 15 is 0 Å². The fourth-order valence-corrected chi connectivity index (χ4v) is 6.79. The van der Waals surface area contributed by atoms with E-state index in [1.165, 1.54) is 0 Å². The number of hydrogen-bond acceptors (Lipinski definition) is 9. The molecule has 1 saturated heterocycles. The number of amides is 2. The number of carbonyl (C=O) groups is 1. The molecule has 39 heavy (non-hydrogen) atoms. The van der Waals surface area contributed by atoms with Gasteiger partial charge in [0.25, 0.3) is 0 Å². The Balaban J connectivity index is 1.41. The van der Waals surface area contributed by atoms with Crippen molar-refractivity contribution in [3.05, 3.63) is 54.2 Å². The lowest BCUT2D eigenvalue weighted by atomic mass is 10.1. The highest BCUT2D eigenvalue weighted by Gasteiger charge is 2.56. The van der Waals surface area contributed by atoms with E-state index in [-0.39, 0.29) is 37.4 Å². The van der Waals surface area contributed by atoms with Crippen LogP contribution in [0.15, 0.2) is 42.7 Å². The number of aliphatic hydroxyl groups excluding tert-OH is 1. The van der Waals surface area contributed by atoms with Gasteiger partial charge in [-0.25, -0.2) is 28.2 Å². The van der Waals surface area contributed by atoms with Gasteiger partial charge in [-0.15, -0.1) is 0 Å². The van der Waals surface area contributed by atoms with E-state index in [0.29, 0.717) is 67.0 Å². The van der Waals surface area contributed by atoms with E-state index in [1.54, 1.807) is 42.7 Å². The van der Waals surface area contributed by atoms with E-state index in [1.807, 2.05) is 6.92 Å². The zero-order valence-electron chi connectivity index (χ0n) is 21.8. The van der Waals surface area contributed by atoms with Crippen LogP contribution in [-0.2, 0) is 25.9 Å². The van der Waals surface area contributed by atoms with Crippen molar-refractivity contribution in [1.82, 2.24) is 25.3 Å². The van der Waals surface area contributed by atoms with Crippen LogP contribution in [0.1, 0.15) is 37.7 Å². The summed E-state index contributed by atoms with van der Waals surface area (Å²) >= 11 is 0. The van der Waals surface area contributed by atoms with Gasteiger partial charge in [0, 0.05) is 42.9 Å². The second kappa shape index (κ2) is 11.3. The molecule has 4 N–H and O–H groups in total. The Kier molecular flexibility index (Phi) is 7.82. The number of urea groups is 1. The van der Waals surface area contributed by atoms with Gasteiger partial charge in [0.05, 0.1) is 37.2 Å². The van der Waals surface area contributed by atoms with Crippen LogP contribution in [0.3, 0.4) is 0 Å². The molecular weight excluding hydrogens is 522 g/mol. The maximum atomic E-state index is 13.3. The molecule has 1 aliphatic carbocycles. The first-order valence-electron chi connectivity index (χ1n) is 13.0. The summed E-state index contributed by atoms with van der Waals surface area (Å²) in [7, 11) is -3.52. The molecule has 208 valence electrons. The highest BCUT2D eigenvalue weighted by atomic mass is 32.2. The molecule has 1 aliphatic heterocycles. The molecule has 0 unspecified atom stereocenters. The lowest BCUT2D eigenvalue weighted by molar-refractivity contribution is 0.0985. The number of sulfone groups is 1. The molecule has 2 aliphatic rings. The van der Waals surface area contributed by atoms with E-state index < -0.39 is 14.6 Å². The van der Waals surface area contributed by atoms with E-state index in [2.05, 4.69) is 25.5 Å². The number of benzene rings is 1. The molecule has 1 atom stereocenters. The Morgan fingerprint density at radius 1 is 1.26 bits per heavy atom. The predicted molar refractivity (Wildman–Crippen MR) is 146 cm³/mol. The minimum atomic E-state index is -3.52. The molecule has 13 heteroatoms. The molecule has 1 saturated carbocycles. The Labute approximate surface area is 227 Å². The van der Waals surface area contributed by atoms with Crippen LogP contribution in [0.25, 0.3) is 11.4 Å². The van der Waals surface area contributed by atoms with Crippen molar-refractivity contribution in [2.45, 2.75) is 43.5 Å². The molecule has 2 amide bonds. The quantitative estimate of drug-likeness (QED) is 0.294. The molecular formula is C26H33N7O5S. The van der Waals surface area contributed by atoms with Gasteiger partial charge in [0.1, 0.15) is 16.4 Å². The summed E-state index contributed by atoms with van der Waals surface area (Å²) in [6.07, 6.45) is 4.48. The molecule has 2 aromatic heterocycles. The fourth-order valence-electron chi connectivity index (χ4n) is 4.74. The average Bonchev–Trinajstić information content (AvgIpc) is 3.61. The van der Waals surface area contributed by atoms with Gasteiger partial charge < -0.3 is 30.4 Å². The van der Waals surface area contributed by atoms with Crippen LogP contribution in [0, 0.1) is 0 Å². The van der Waals surface area contributed by atoms with Gasteiger partial charge in [-0.2, -0.15) is 0 Å². The number of morpholine rings is 1. The second-order valence-electron chi connectivity index (χ2n) is 9.86. The van der Waals surface area contributed by atoms with Crippen molar-refractivity contribution in [1.29, 1.82) is 0 Å². The fraction of sp³-hybridized carbons (Fsp3) is 0.462. The van der Waals surface area contributed by atoms with Crippen molar-refractivity contribution in [3.8, 4) is 11.4 Å². The van der Waals surface area contributed by atoms with E-state index in [0.717, 1.165) is 0 Å². The molecule has 0 bridgehead atoms. The summed E-state index contributed by atoms with van der Waals surface area (Å²) in [4.78, 5) is 31.0. The third-order valence-electron chi connectivity index (χ3n) is 7.08. The van der Waals surface area contributed by atoms with E-state index in [4.69, 9.17) is 14.7 Å². The van der Waals surface area contributed by atoms with Gasteiger partial charge in [0.15, 0.2) is 15.7 Å². The first-order valence-corrected chi connectivity index (χ1v) is 14.7. The number of aromatic nitrogens is 4. The summed E-state index contributed by atoms with van der Waals surface area (Å²) in [5.74, 6) is 1.64. The number of anilines is 2. The summed E-state index contributed by atoms with van der Waals surface area (Å²) in [6.45, 7) is 3.88. The lowest BCUT2D eigenvalue weighted by Crippen LogP contribution is -2.44. The van der Waals surface area contributed by atoms with Crippen LogP contribution in [0.2, 0.25) is 0 Å². The standard InChI is InChI=1S/C26H33N7O5S/c1-18-17-38-13-11-33(18)23-15-21(26(7-8-26)39(36,37)14-2-12-34)31-24(32-23)19-3-5-20(6-4-19)30-25(35)29-16-22-27-9-10-28-22/h3-6,9-10,15,18,34H,2,7-8,11-14,16-17H2,1H3,(H,27,28)(H2,29,30,35)/t18-/m0/s1. The number of hydrogen-bond donors (Lipinski definition) is 4. The molecule has 1 aromatic carbocycles. The molecule has 3 heterocycles. The highest BCUT2D eigenvalue weighted by molar-refractivity contribution is 7.92. The van der Waals surface area contributed by atoms with Crippen LogP contribution < -0.4 is 15.5 Å². The first-order chi connectivity index (χ1) is 18.8. The maximum Gasteiger partial charge on any atom is 0.319 e. The highest BCUT2D eigenvalue weighted by Crippen LogP contribution is 2.53. The number of nitrogens with one attached hydrogen (secondary N) is 3. The molecule has 0 radical (unpaired) electrons. The normalized spacial score (nSPS) is 18.5. The van der Waals surface area contributed by atoms with Crippen molar-refractivity contribution >= 4 is 27.4 Å². The topological polar surface area (TPSA) is 162 Å². The molecule has 12 nitrogen and oxygen atoms in total. The number of imidazole rings is 1. The minimum Gasteiger partial charge on any atom is -0.396 e. The molecule has 3 aromatic rings. The Morgan fingerprint density at radius 2 is 2.05 bits per heavy atom. The lowest BCUT2D eigenvalue weighted by Gasteiger charge is -2.34. The van der Waals surface area contributed by atoms with Crippen LogP contribution in [0.4, 0.5) is 16.3 Å². The largest absolute Gasteiger partial charge is 0.396 e. The predicted octanol–water partition coefficient (Wildman–Crippen LogP) is 2.20. The average molecular weight is 556 g/mol. The number of carbonyl (C=O) groups excluding carboxylic acids is 1. The third-order valence-corrected chi connectivity index (χ3v) is 9.72. The monoisotopic (exact) mass is 555 g/mol. The Morgan fingerprint density at radius 3 is 2.72 bits per heavy atom. The third kappa shape index (κ3) is 5.89. The summed E-state index contributed by atoms with van der Waals surface area (Å²) in [5, 5.41) is 14.7. The zero-order chi connectivity index (χ0) is 27.5. The SMILES string of the molecule is C[C@H]1COCCN1c1cc(C2(S(=O)(=O)CCCO)CC2)nc(-c2ccc(NC(=O)NCc3ncc[nH]3)cc2)n1. The Bertz CT molecular complexity index is 1390. The zero-order valence-corrected chi connectivity index (χ0v) is 22.6. The summed E-state index contributed by atoms with van der Waals surface area (Å²) in [5.41, 5.74) is 1.77. The van der Waals surface area contributed by atoms with Gasteiger partial charge in [-0.05, 0) is 50.5 Å². The van der Waals surface area contributed by atoms with Crippen LogP contribution >= 0.6 is 0 Å². The van der Waals surface area contributed by atoms with E-state index in [9.17, 15) is 18.3 Å². The molecule has 2 fully saturated rings.